The molecule has 8 rings (SSSR count). The van der Waals surface area contributed by atoms with E-state index in [1.165, 1.54) is 67.5 Å². The minimum absolute atomic E-state index is 0.904. The molecule has 2 heteroatoms. The van der Waals surface area contributed by atoms with Crippen molar-refractivity contribution in [1.29, 1.82) is 0 Å². The summed E-state index contributed by atoms with van der Waals surface area (Å²) in [5.74, 6) is 0. The molecule has 2 heterocycles. The number of hydrogen-bond donors (Lipinski definition) is 0. The summed E-state index contributed by atoms with van der Waals surface area (Å²) < 4.78 is 0. The van der Waals surface area contributed by atoms with E-state index in [9.17, 15) is 0 Å². The Morgan fingerprint density at radius 2 is 0.634 bits per heavy atom. The van der Waals surface area contributed by atoms with Gasteiger partial charge in [0.05, 0.1) is 0 Å². The highest BCUT2D eigenvalue weighted by Gasteiger charge is 2.24. The predicted octanol–water partition coefficient (Wildman–Crippen LogP) is 10.0. The monoisotopic (exact) mass is 526 g/mol. The first-order chi connectivity index (χ1) is 20.3. The second-order valence-corrected chi connectivity index (χ2v) is 11.0. The lowest BCUT2D eigenvalue weighted by molar-refractivity contribution is 1.08. The van der Waals surface area contributed by atoms with Crippen LogP contribution in [0.1, 0.15) is 33.4 Å². The van der Waals surface area contributed by atoms with Crippen LogP contribution in [-0.4, -0.2) is 0 Å². The fraction of sp³-hybridized carbons (Fsp3) is 0.0769. The average molecular weight is 527 g/mol. The van der Waals surface area contributed by atoms with Gasteiger partial charge in [-0.3, -0.25) is 0 Å². The molecular weight excluding hydrogens is 496 g/mol. The molecule has 0 bridgehead atoms. The van der Waals surface area contributed by atoms with E-state index in [0.717, 1.165) is 19.3 Å². The van der Waals surface area contributed by atoms with Crippen LogP contribution in [0.15, 0.2) is 146 Å². The molecule has 2 aliphatic heterocycles. The molecule has 6 aromatic rings. The van der Waals surface area contributed by atoms with E-state index in [4.69, 9.17) is 0 Å². The number of rotatable bonds is 4. The third-order valence-electron chi connectivity index (χ3n) is 8.49. The van der Waals surface area contributed by atoms with E-state index in [1.807, 2.05) is 0 Å². The zero-order valence-corrected chi connectivity index (χ0v) is 22.9. The van der Waals surface area contributed by atoms with Gasteiger partial charge in [0.25, 0.3) is 0 Å². The van der Waals surface area contributed by atoms with Gasteiger partial charge in [0.1, 0.15) is 0 Å². The van der Waals surface area contributed by atoms with Crippen LogP contribution in [0.2, 0.25) is 0 Å². The summed E-state index contributed by atoms with van der Waals surface area (Å²) in [6.07, 6.45) is 2.86. The zero-order valence-electron chi connectivity index (χ0n) is 22.9. The van der Waals surface area contributed by atoms with Crippen molar-refractivity contribution in [3.63, 3.8) is 0 Å². The highest BCUT2D eigenvalue weighted by Crippen LogP contribution is 2.45. The molecule has 2 aliphatic rings. The molecule has 41 heavy (non-hydrogen) atoms. The Labute approximate surface area is 241 Å². The van der Waals surface area contributed by atoms with Crippen molar-refractivity contribution in [3.05, 3.63) is 179 Å². The van der Waals surface area contributed by atoms with Gasteiger partial charge in [0.2, 0.25) is 0 Å². The first kappa shape index (κ1) is 23.8. The van der Waals surface area contributed by atoms with Crippen molar-refractivity contribution in [2.45, 2.75) is 19.3 Å². The third-order valence-corrected chi connectivity index (χ3v) is 8.49. The fourth-order valence-corrected chi connectivity index (χ4v) is 6.50. The number of hydrogen-bond acceptors (Lipinski definition) is 2. The van der Waals surface area contributed by atoms with E-state index >= 15 is 0 Å². The van der Waals surface area contributed by atoms with Gasteiger partial charge < -0.3 is 9.80 Å². The summed E-state index contributed by atoms with van der Waals surface area (Å²) in [6.45, 7) is 0. The summed E-state index contributed by atoms with van der Waals surface area (Å²) in [5.41, 5.74) is 15.6. The van der Waals surface area contributed by atoms with Crippen molar-refractivity contribution in [2.75, 3.05) is 9.80 Å². The van der Waals surface area contributed by atoms with Gasteiger partial charge in [-0.2, -0.15) is 0 Å². The summed E-state index contributed by atoms with van der Waals surface area (Å²) in [5, 5.41) is 0. The van der Waals surface area contributed by atoms with Crippen LogP contribution in [0.25, 0.3) is 0 Å². The SMILES string of the molecule is c1ccc2c(c1)Cc1ccccc1N2c1ccc(Cc2ccc(N3c4ccccc4Cc4ccccc43)cc2)cc1. The highest BCUT2D eigenvalue weighted by atomic mass is 15.2. The normalized spacial score (nSPS) is 13.2. The molecule has 0 spiro atoms. The molecule has 0 fully saturated rings. The maximum atomic E-state index is 2.40. The Kier molecular flexibility index (Phi) is 5.70. The smallest absolute Gasteiger partial charge is 0.0497 e. The molecule has 0 aromatic heterocycles. The van der Waals surface area contributed by atoms with Gasteiger partial charge in [-0.25, -0.2) is 0 Å². The lowest BCUT2D eigenvalue weighted by atomic mass is 9.94. The Morgan fingerprint density at radius 1 is 0.341 bits per heavy atom. The molecule has 2 nitrogen and oxygen atoms in total. The van der Waals surface area contributed by atoms with Crippen LogP contribution in [0.3, 0.4) is 0 Å². The molecule has 0 N–H and O–H groups in total. The summed E-state index contributed by atoms with van der Waals surface area (Å²) in [4.78, 5) is 4.81. The van der Waals surface area contributed by atoms with E-state index in [-0.39, 0.29) is 0 Å². The number of benzene rings is 6. The summed E-state index contributed by atoms with van der Waals surface area (Å²) >= 11 is 0. The summed E-state index contributed by atoms with van der Waals surface area (Å²) in [7, 11) is 0. The van der Waals surface area contributed by atoms with Gasteiger partial charge in [0.15, 0.2) is 0 Å². The Balaban J connectivity index is 1.07. The number of anilines is 6. The van der Waals surface area contributed by atoms with Gasteiger partial charge in [-0.05, 0) is 88.3 Å². The van der Waals surface area contributed by atoms with Crippen LogP contribution in [0.4, 0.5) is 34.1 Å². The standard InChI is InChI=1S/C39H30N2/c1-5-13-36-30(9-1)26-31-10-2-6-14-37(31)40(36)34-21-17-28(18-22-34)25-29-19-23-35(24-20-29)41-38-15-7-3-11-32(38)27-33-12-4-8-16-39(33)41/h1-24H,25-27H2. The van der Waals surface area contributed by atoms with E-state index in [0.29, 0.717) is 0 Å². The van der Waals surface area contributed by atoms with Crippen molar-refractivity contribution in [1.82, 2.24) is 0 Å². The molecule has 0 atom stereocenters. The topological polar surface area (TPSA) is 6.48 Å². The quantitative estimate of drug-likeness (QED) is 0.225. The van der Waals surface area contributed by atoms with E-state index < -0.39 is 0 Å². The van der Waals surface area contributed by atoms with Crippen molar-refractivity contribution in [3.8, 4) is 0 Å². The van der Waals surface area contributed by atoms with E-state index in [2.05, 4.69) is 155 Å². The lowest BCUT2D eigenvalue weighted by Crippen LogP contribution is -2.18. The number of nitrogens with zero attached hydrogens (tertiary/aromatic N) is 2. The molecule has 0 radical (unpaired) electrons. The fourth-order valence-electron chi connectivity index (χ4n) is 6.50. The molecule has 6 aromatic carbocycles. The Morgan fingerprint density at radius 3 is 0.951 bits per heavy atom. The maximum absolute atomic E-state index is 2.40. The van der Waals surface area contributed by atoms with Crippen LogP contribution in [0, 0.1) is 0 Å². The van der Waals surface area contributed by atoms with Gasteiger partial charge >= 0.3 is 0 Å². The van der Waals surface area contributed by atoms with Gasteiger partial charge in [-0.15, -0.1) is 0 Å². The van der Waals surface area contributed by atoms with Crippen molar-refractivity contribution >= 4 is 34.1 Å². The van der Waals surface area contributed by atoms with Crippen molar-refractivity contribution < 1.29 is 0 Å². The summed E-state index contributed by atoms with van der Waals surface area (Å²) in [6, 6.07) is 53.2. The van der Waals surface area contributed by atoms with Crippen molar-refractivity contribution in [2.24, 2.45) is 0 Å². The molecule has 0 aliphatic carbocycles. The van der Waals surface area contributed by atoms with Crippen LogP contribution in [-0.2, 0) is 19.3 Å². The molecule has 0 saturated carbocycles. The minimum Gasteiger partial charge on any atom is -0.310 e. The van der Waals surface area contributed by atoms with Crippen LogP contribution < -0.4 is 9.80 Å². The largest absolute Gasteiger partial charge is 0.310 e. The van der Waals surface area contributed by atoms with E-state index in [1.54, 1.807) is 0 Å². The number of fused-ring (bicyclic) bond motifs is 4. The molecule has 196 valence electrons. The first-order valence-corrected chi connectivity index (χ1v) is 14.4. The maximum Gasteiger partial charge on any atom is 0.0497 e. The number of para-hydroxylation sites is 4. The first-order valence-electron chi connectivity index (χ1n) is 14.4. The molecule has 0 unspecified atom stereocenters. The minimum atomic E-state index is 0.904. The van der Waals surface area contributed by atoms with Crippen LogP contribution >= 0.6 is 0 Å². The molecule has 0 saturated heterocycles. The molecule has 0 amide bonds. The second-order valence-electron chi connectivity index (χ2n) is 11.0. The highest BCUT2D eigenvalue weighted by molar-refractivity contribution is 5.84. The average Bonchev–Trinajstić information content (AvgIpc) is 3.03. The third kappa shape index (κ3) is 4.20. The van der Waals surface area contributed by atoms with Gasteiger partial charge in [0, 0.05) is 47.0 Å². The second kappa shape index (κ2) is 9.83. The zero-order chi connectivity index (χ0) is 27.2. The Bertz CT molecular complexity index is 1640. The molecular formula is C39H30N2. The predicted molar refractivity (Wildman–Crippen MR) is 171 cm³/mol. The lowest BCUT2D eigenvalue weighted by Gasteiger charge is -2.33. The Hall–Kier alpha value is -5.08. The van der Waals surface area contributed by atoms with Crippen LogP contribution in [0.5, 0.6) is 0 Å². The van der Waals surface area contributed by atoms with Gasteiger partial charge in [-0.1, -0.05) is 97.1 Å².